The summed E-state index contributed by atoms with van der Waals surface area (Å²) >= 11 is 5.96. The normalized spacial score (nSPS) is 10.8. The van der Waals surface area contributed by atoms with E-state index in [0.29, 0.717) is 34.2 Å². The third kappa shape index (κ3) is 3.70. The Morgan fingerprint density at radius 1 is 1.07 bits per heavy atom. The average molecular weight is 393 g/mol. The second-order valence-electron chi connectivity index (χ2n) is 6.16. The zero-order valence-corrected chi connectivity index (χ0v) is 15.9. The third-order valence-electron chi connectivity index (χ3n) is 4.27. The van der Waals surface area contributed by atoms with Gasteiger partial charge < -0.3 is 14.6 Å². The second-order valence-corrected chi connectivity index (χ2v) is 6.60. The fourth-order valence-electron chi connectivity index (χ4n) is 2.90. The molecule has 0 fully saturated rings. The molecule has 3 aromatic carbocycles. The van der Waals surface area contributed by atoms with Gasteiger partial charge in [0.2, 0.25) is 0 Å². The first-order chi connectivity index (χ1) is 13.6. The van der Waals surface area contributed by atoms with Crippen molar-refractivity contribution in [1.29, 1.82) is 0 Å². The maximum atomic E-state index is 12.7. The molecule has 0 radical (unpaired) electrons. The van der Waals surface area contributed by atoms with Gasteiger partial charge in [0.05, 0.1) is 12.0 Å². The summed E-state index contributed by atoms with van der Waals surface area (Å²) in [7, 11) is 0. The molecule has 0 spiro atoms. The van der Waals surface area contributed by atoms with E-state index in [1.165, 1.54) is 0 Å². The molecule has 0 aliphatic heterocycles. The predicted octanol–water partition coefficient (Wildman–Crippen LogP) is 5.80. The van der Waals surface area contributed by atoms with E-state index in [4.69, 9.17) is 20.9 Å². The molecule has 1 heterocycles. The highest BCUT2D eigenvalue weighted by molar-refractivity contribution is 6.30. The minimum atomic E-state index is -0.214. The lowest BCUT2D eigenvalue weighted by Gasteiger charge is -2.07. The number of aromatic nitrogens is 1. The summed E-state index contributed by atoms with van der Waals surface area (Å²) in [5.41, 5.74) is 2.73. The number of hydrogen-bond donors (Lipinski definition) is 1. The van der Waals surface area contributed by atoms with E-state index >= 15 is 0 Å². The summed E-state index contributed by atoms with van der Waals surface area (Å²) in [4.78, 5) is 12.7. The molecule has 0 saturated heterocycles. The fourth-order valence-corrected chi connectivity index (χ4v) is 3.02. The van der Waals surface area contributed by atoms with Crippen LogP contribution in [0.4, 0.5) is 5.69 Å². The molecule has 1 amide bonds. The largest absolute Gasteiger partial charge is 0.494 e. The smallest absolute Gasteiger partial charge is 0.255 e. The lowest BCUT2D eigenvalue weighted by atomic mass is 10.1. The van der Waals surface area contributed by atoms with Crippen LogP contribution in [0.3, 0.4) is 0 Å². The summed E-state index contributed by atoms with van der Waals surface area (Å²) in [5, 5.41) is 8.37. The molecule has 0 unspecified atom stereocenters. The lowest BCUT2D eigenvalue weighted by Crippen LogP contribution is -2.11. The molecular formula is C22H17ClN2O3. The molecule has 0 aliphatic carbocycles. The molecule has 140 valence electrons. The zero-order chi connectivity index (χ0) is 19.5. The van der Waals surface area contributed by atoms with E-state index in [2.05, 4.69) is 10.5 Å². The molecule has 5 nitrogen and oxygen atoms in total. The Morgan fingerprint density at radius 3 is 2.54 bits per heavy atom. The third-order valence-corrected chi connectivity index (χ3v) is 4.52. The van der Waals surface area contributed by atoms with E-state index in [0.717, 1.165) is 16.7 Å². The number of amides is 1. The van der Waals surface area contributed by atoms with Gasteiger partial charge in [-0.15, -0.1) is 0 Å². The molecule has 1 N–H and O–H groups in total. The Bertz CT molecular complexity index is 1120. The highest BCUT2D eigenvalue weighted by atomic mass is 35.5. The number of carbonyl (C=O) groups excluding carboxylic acids is 1. The first-order valence-corrected chi connectivity index (χ1v) is 9.21. The first-order valence-electron chi connectivity index (χ1n) is 8.83. The topological polar surface area (TPSA) is 64.4 Å². The fraction of sp³-hybridized carbons (Fsp3) is 0.0909. The standard InChI is InChI=1S/C22H17ClN2O3/c1-2-27-18-10-8-17(9-11-18)24-22(26)15-5-12-20-19(13-15)21(28-25-20)14-3-6-16(23)7-4-14/h3-13H,2H2,1H3,(H,24,26). The van der Waals surface area contributed by atoms with Crippen molar-refractivity contribution in [3.63, 3.8) is 0 Å². The maximum Gasteiger partial charge on any atom is 0.255 e. The van der Waals surface area contributed by atoms with Gasteiger partial charge in [0.15, 0.2) is 5.76 Å². The molecular weight excluding hydrogens is 376 g/mol. The molecule has 1 aromatic heterocycles. The quantitative estimate of drug-likeness (QED) is 0.466. The van der Waals surface area contributed by atoms with E-state index < -0.39 is 0 Å². The van der Waals surface area contributed by atoms with Crippen LogP contribution in [0.25, 0.3) is 22.2 Å². The molecule has 0 saturated carbocycles. The van der Waals surface area contributed by atoms with Gasteiger partial charge in [-0.05, 0) is 73.7 Å². The Morgan fingerprint density at radius 2 is 1.82 bits per heavy atom. The van der Waals surface area contributed by atoms with Crippen LogP contribution < -0.4 is 10.1 Å². The minimum absolute atomic E-state index is 0.214. The molecule has 6 heteroatoms. The van der Waals surface area contributed by atoms with E-state index in [9.17, 15) is 4.79 Å². The predicted molar refractivity (Wildman–Crippen MR) is 110 cm³/mol. The van der Waals surface area contributed by atoms with Crippen molar-refractivity contribution >= 4 is 34.1 Å². The number of benzene rings is 3. The van der Waals surface area contributed by atoms with Crippen LogP contribution in [0.1, 0.15) is 17.3 Å². The highest BCUT2D eigenvalue weighted by Crippen LogP contribution is 2.30. The minimum Gasteiger partial charge on any atom is -0.494 e. The van der Waals surface area contributed by atoms with Crippen LogP contribution in [0, 0.1) is 0 Å². The second kappa shape index (κ2) is 7.74. The van der Waals surface area contributed by atoms with Crippen LogP contribution in [0.5, 0.6) is 5.75 Å². The van der Waals surface area contributed by atoms with Crippen molar-refractivity contribution in [3.05, 3.63) is 77.3 Å². The summed E-state index contributed by atoms with van der Waals surface area (Å²) < 4.78 is 10.9. The molecule has 28 heavy (non-hydrogen) atoms. The summed E-state index contributed by atoms with van der Waals surface area (Å²) in [6.45, 7) is 2.52. The van der Waals surface area contributed by atoms with Crippen LogP contribution in [-0.2, 0) is 0 Å². The first kappa shape index (κ1) is 18.1. The Kier molecular flexibility index (Phi) is 5.00. The number of rotatable bonds is 5. The average Bonchev–Trinajstić information content (AvgIpc) is 3.13. The molecule has 4 aromatic rings. The van der Waals surface area contributed by atoms with Crippen molar-refractivity contribution in [2.45, 2.75) is 6.92 Å². The van der Waals surface area contributed by atoms with E-state index in [1.807, 2.05) is 31.2 Å². The molecule has 0 aliphatic rings. The number of halogens is 1. The van der Waals surface area contributed by atoms with Gasteiger partial charge in [-0.1, -0.05) is 16.8 Å². The molecule has 0 bridgehead atoms. The number of nitrogens with one attached hydrogen (secondary N) is 1. The van der Waals surface area contributed by atoms with Crippen LogP contribution >= 0.6 is 11.6 Å². The van der Waals surface area contributed by atoms with Crippen molar-refractivity contribution in [1.82, 2.24) is 5.16 Å². The summed E-state index contributed by atoms with van der Waals surface area (Å²) in [6, 6.07) is 19.8. The van der Waals surface area contributed by atoms with Gasteiger partial charge >= 0.3 is 0 Å². The number of ether oxygens (including phenoxy) is 1. The zero-order valence-electron chi connectivity index (χ0n) is 15.1. The van der Waals surface area contributed by atoms with Crippen LogP contribution in [0.2, 0.25) is 5.02 Å². The number of anilines is 1. The van der Waals surface area contributed by atoms with Crippen molar-refractivity contribution in [2.75, 3.05) is 11.9 Å². The summed E-state index contributed by atoms with van der Waals surface area (Å²) in [5.74, 6) is 1.15. The van der Waals surface area contributed by atoms with Crippen LogP contribution in [-0.4, -0.2) is 17.7 Å². The van der Waals surface area contributed by atoms with Gasteiger partial charge in [0, 0.05) is 21.8 Å². The highest BCUT2D eigenvalue weighted by Gasteiger charge is 2.14. The van der Waals surface area contributed by atoms with E-state index in [1.54, 1.807) is 42.5 Å². The van der Waals surface area contributed by atoms with Gasteiger partial charge in [-0.25, -0.2) is 0 Å². The van der Waals surface area contributed by atoms with Crippen molar-refractivity contribution in [3.8, 4) is 17.1 Å². The molecule has 4 rings (SSSR count). The SMILES string of the molecule is CCOc1ccc(NC(=O)c2ccc3noc(-c4ccc(Cl)cc4)c3c2)cc1. The molecule has 0 atom stereocenters. The van der Waals surface area contributed by atoms with Crippen molar-refractivity contribution < 1.29 is 14.1 Å². The van der Waals surface area contributed by atoms with Crippen LogP contribution in [0.15, 0.2) is 71.3 Å². The summed E-state index contributed by atoms with van der Waals surface area (Å²) in [6.07, 6.45) is 0. The Hall–Kier alpha value is -3.31. The number of nitrogens with zero attached hydrogens (tertiary/aromatic N) is 1. The Balaban J connectivity index is 1.60. The van der Waals surface area contributed by atoms with Gasteiger partial charge in [-0.2, -0.15) is 0 Å². The Labute approximate surface area is 166 Å². The monoisotopic (exact) mass is 392 g/mol. The van der Waals surface area contributed by atoms with Gasteiger partial charge in [0.25, 0.3) is 5.91 Å². The van der Waals surface area contributed by atoms with Crippen molar-refractivity contribution in [2.24, 2.45) is 0 Å². The lowest BCUT2D eigenvalue weighted by molar-refractivity contribution is 0.102. The number of carbonyl (C=O) groups is 1. The van der Waals surface area contributed by atoms with Gasteiger partial charge in [0.1, 0.15) is 11.3 Å². The van der Waals surface area contributed by atoms with Gasteiger partial charge in [-0.3, -0.25) is 4.79 Å². The number of hydrogen-bond acceptors (Lipinski definition) is 4. The van der Waals surface area contributed by atoms with E-state index in [-0.39, 0.29) is 5.91 Å². The number of fused-ring (bicyclic) bond motifs is 1. The maximum absolute atomic E-state index is 12.7.